The predicted octanol–water partition coefficient (Wildman–Crippen LogP) is -1.01. The van der Waals surface area contributed by atoms with Crippen LogP contribution in [0.15, 0.2) is 16.4 Å². The Morgan fingerprint density at radius 1 is 1.50 bits per heavy atom. The van der Waals surface area contributed by atoms with E-state index in [1.165, 1.54) is 41.5 Å². The molecular weight excluding hydrogens is 484 g/mol. The average Bonchev–Trinajstić information content (AvgIpc) is 3.17. The number of nitrogens with one attached hydrogen (secondary N) is 2. The molecule has 6 N–H and O–H groups in total. The Balaban J connectivity index is 1.71. The third-order valence-electron chi connectivity index (χ3n) is 4.75. The number of thioether (sulfide) groups is 2. The van der Waals surface area contributed by atoms with Crippen LogP contribution in [-0.4, -0.2) is 90.0 Å². The minimum Gasteiger partial charge on any atom is -0.480 e. The summed E-state index contributed by atoms with van der Waals surface area (Å²) in [4.78, 5) is 57.4. The number of carbonyl (C=O) groups excluding carboxylic acids is 2. The number of hydrogen-bond donors (Lipinski definition) is 5. The lowest BCUT2D eigenvalue weighted by atomic mass is 10.0. The summed E-state index contributed by atoms with van der Waals surface area (Å²) in [6, 6.07) is -0.885. The van der Waals surface area contributed by atoms with Crippen molar-refractivity contribution in [2.75, 3.05) is 18.1 Å². The summed E-state index contributed by atoms with van der Waals surface area (Å²) in [7, 11) is 0. The third-order valence-corrected chi connectivity index (χ3v) is 8.37. The normalized spacial score (nSPS) is 28.4. The summed E-state index contributed by atoms with van der Waals surface area (Å²) in [5, 5.41) is 25.9. The van der Waals surface area contributed by atoms with Crippen molar-refractivity contribution in [1.29, 1.82) is 0 Å². The molecular formula is C16H22N6O7S3. The maximum atomic E-state index is 12.9. The van der Waals surface area contributed by atoms with Gasteiger partial charge in [0.05, 0.1) is 6.20 Å². The van der Waals surface area contributed by atoms with Crippen LogP contribution in [0, 0.1) is 0 Å². The molecule has 2 saturated heterocycles. The number of carboxylic acid groups (broad SMARTS) is 2. The molecule has 176 valence electrons. The smallest absolute Gasteiger partial charge is 0.347 e. The van der Waals surface area contributed by atoms with Gasteiger partial charge < -0.3 is 31.0 Å². The van der Waals surface area contributed by atoms with E-state index in [-0.39, 0.29) is 18.1 Å². The van der Waals surface area contributed by atoms with E-state index in [0.29, 0.717) is 10.8 Å². The number of hydrogen-bond acceptors (Lipinski definition) is 11. The number of rotatable bonds is 7. The lowest BCUT2D eigenvalue weighted by Gasteiger charge is -2.53. The number of hydrazine groups is 1. The first-order chi connectivity index (χ1) is 15.1. The van der Waals surface area contributed by atoms with Crippen molar-refractivity contribution in [1.82, 2.24) is 20.1 Å². The highest BCUT2D eigenvalue weighted by Crippen LogP contribution is 2.43. The van der Waals surface area contributed by atoms with Gasteiger partial charge in [0.1, 0.15) is 21.2 Å². The van der Waals surface area contributed by atoms with Gasteiger partial charge in [0.2, 0.25) is 12.0 Å². The Morgan fingerprint density at radius 3 is 2.78 bits per heavy atom. The monoisotopic (exact) mass is 506 g/mol. The fourth-order valence-electron chi connectivity index (χ4n) is 3.07. The van der Waals surface area contributed by atoms with Crippen molar-refractivity contribution >= 4 is 65.1 Å². The molecule has 3 heterocycles. The Kier molecular flexibility index (Phi) is 7.36. The largest absolute Gasteiger partial charge is 0.480 e. The van der Waals surface area contributed by atoms with Crippen LogP contribution in [0.4, 0.5) is 0 Å². The maximum absolute atomic E-state index is 12.9. The molecule has 0 saturated carbocycles. The van der Waals surface area contributed by atoms with E-state index < -0.39 is 46.0 Å². The van der Waals surface area contributed by atoms with Crippen LogP contribution in [0.3, 0.4) is 0 Å². The molecule has 0 radical (unpaired) electrons. The molecule has 0 aromatic heterocycles. The standard InChI is InChI=1S/C16H22N6O7S3/c1-3-31-16(15(27)28)5-21-12(24)9(13(21)30-6-16)18-11(23)10(19-29-7(2)14(25)26)22-4-8(17)32-20-22/h4,7,9,13,20H,3,5-6,17H2,1-2H3,(H,18,23)(H,25,26)(H,27,28)/t7?,9?,13-,16?/m1/s1. The lowest BCUT2D eigenvalue weighted by Crippen LogP contribution is -2.75. The van der Waals surface area contributed by atoms with Crippen molar-refractivity contribution in [3.05, 3.63) is 11.2 Å². The topological polar surface area (TPSA) is 187 Å². The van der Waals surface area contributed by atoms with Gasteiger partial charge in [-0.1, -0.05) is 12.1 Å². The van der Waals surface area contributed by atoms with E-state index in [9.17, 15) is 24.3 Å². The molecule has 0 aromatic carbocycles. The van der Waals surface area contributed by atoms with Crippen LogP contribution >= 0.6 is 35.5 Å². The molecule has 0 spiro atoms. The minimum absolute atomic E-state index is 0.0491. The van der Waals surface area contributed by atoms with Gasteiger partial charge in [0.15, 0.2) is 0 Å². The molecule has 4 atom stereocenters. The quantitative estimate of drug-likeness (QED) is 0.0930. The number of nitrogens with two attached hydrogens (primary N) is 1. The zero-order valence-corrected chi connectivity index (χ0v) is 19.5. The molecule has 0 aliphatic carbocycles. The second kappa shape index (κ2) is 9.68. The first-order valence-corrected chi connectivity index (χ1v) is 12.2. The van der Waals surface area contributed by atoms with Crippen LogP contribution in [0.25, 0.3) is 0 Å². The summed E-state index contributed by atoms with van der Waals surface area (Å²) in [5.74, 6) is -2.93. The fraction of sp³-hybridized carbons (Fsp3) is 0.562. The van der Waals surface area contributed by atoms with Gasteiger partial charge in [0.25, 0.3) is 11.7 Å². The molecule has 13 nitrogen and oxygen atoms in total. The number of oxime groups is 1. The summed E-state index contributed by atoms with van der Waals surface area (Å²) < 4.78 is -1.09. The number of fused-ring (bicyclic) bond motifs is 1. The molecule has 3 aliphatic rings. The van der Waals surface area contributed by atoms with Crippen molar-refractivity contribution in [2.24, 2.45) is 10.9 Å². The Bertz CT molecular complexity index is 886. The molecule has 3 unspecified atom stereocenters. The van der Waals surface area contributed by atoms with Crippen molar-refractivity contribution in [3.8, 4) is 0 Å². The Hall–Kier alpha value is -2.30. The van der Waals surface area contributed by atoms with Gasteiger partial charge in [-0.05, 0) is 24.6 Å². The summed E-state index contributed by atoms with van der Waals surface area (Å²) in [6.45, 7) is 3.15. The molecule has 32 heavy (non-hydrogen) atoms. The zero-order chi connectivity index (χ0) is 23.6. The highest BCUT2D eigenvalue weighted by molar-refractivity contribution is 8.05. The van der Waals surface area contributed by atoms with Gasteiger partial charge >= 0.3 is 11.9 Å². The van der Waals surface area contributed by atoms with Crippen molar-refractivity contribution in [3.63, 3.8) is 0 Å². The molecule has 0 aromatic rings. The number of amidine groups is 1. The van der Waals surface area contributed by atoms with Gasteiger partial charge in [-0.15, -0.1) is 23.5 Å². The first kappa shape index (κ1) is 24.3. The Morgan fingerprint density at radius 2 is 2.22 bits per heavy atom. The highest BCUT2D eigenvalue weighted by atomic mass is 32.2. The van der Waals surface area contributed by atoms with Gasteiger partial charge in [0, 0.05) is 12.3 Å². The van der Waals surface area contributed by atoms with Crippen LogP contribution < -0.4 is 15.9 Å². The highest BCUT2D eigenvalue weighted by Gasteiger charge is 2.57. The average molecular weight is 507 g/mol. The van der Waals surface area contributed by atoms with Crippen LogP contribution in [0.5, 0.6) is 0 Å². The number of nitrogens with zero attached hydrogens (tertiary/aromatic N) is 3. The van der Waals surface area contributed by atoms with E-state index in [0.717, 1.165) is 17.0 Å². The summed E-state index contributed by atoms with van der Waals surface area (Å²) in [6.07, 6.45) is 0.0370. The molecule has 3 rings (SSSR count). The van der Waals surface area contributed by atoms with E-state index in [1.54, 1.807) is 0 Å². The lowest BCUT2D eigenvalue weighted by molar-refractivity contribution is -0.151. The van der Waals surface area contributed by atoms with Gasteiger partial charge in [-0.3, -0.25) is 14.4 Å². The second-order valence-corrected chi connectivity index (χ2v) is 10.6. The van der Waals surface area contributed by atoms with Crippen LogP contribution in [-0.2, 0) is 24.0 Å². The SMILES string of the molecule is CCSC1(C(=O)O)CS[C@@H]2C(NC(=O)C(=NOC(C)C(=O)O)N3C=C(N)SN3)C(=O)N2C1. The van der Waals surface area contributed by atoms with E-state index in [2.05, 4.69) is 15.3 Å². The maximum Gasteiger partial charge on any atom is 0.347 e. The van der Waals surface area contributed by atoms with E-state index >= 15 is 0 Å². The fourth-order valence-corrected chi connectivity index (χ4v) is 6.40. The van der Waals surface area contributed by atoms with Crippen molar-refractivity contribution in [2.45, 2.75) is 36.1 Å². The van der Waals surface area contributed by atoms with Crippen molar-refractivity contribution < 1.29 is 34.2 Å². The third kappa shape index (κ3) is 4.72. The zero-order valence-electron chi connectivity index (χ0n) is 17.0. The number of β-lactam (4-membered cyclic amide) rings is 1. The molecule has 0 bridgehead atoms. The molecule has 3 aliphatic heterocycles. The van der Waals surface area contributed by atoms with E-state index in [1.807, 2.05) is 6.92 Å². The van der Waals surface area contributed by atoms with Crippen LogP contribution in [0.1, 0.15) is 13.8 Å². The predicted molar refractivity (Wildman–Crippen MR) is 119 cm³/mol. The van der Waals surface area contributed by atoms with Gasteiger partial charge in [-0.2, -0.15) is 4.83 Å². The number of carboxylic acids is 2. The second-order valence-electron chi connectivity index (χ2n) is 6.95. The first-order valence-electron chi connectivity index (χ1n) is 9.35. The summed E-state index contributed by atoms with van der Waals surface area (Å²) in [5.41, 5.74) is 5.67. The number of aliphatic carboxylic acids is 2. The number of carbonyl (C=O) groups is 4. The molecule has 2 amide bonds. The molecule has 2 fully saturated rings. The minimum atomic E-state index is -1.32. The van der Waals surface area contributed by atoms with Gasteiger partial charge in [-0.25, -0.2) is 9.80 Å². The van der Waals surface area contributed by atoms with E-state index in [4.69, 9.17) is 15.7 Å². The molecule has 16 heteroatoms. The number of amides is 2. The van der Waals surface area contributed by atoms with Crippen LogP contribution in [0.2, 0.25) is 0 Å². The summed E-state index contributed by atoms with van der Waals surface area (Å²) >= 11 is 3.56. The Labute approximate surface area is 195 Å².